The second-order valence-electron chi connectivity index (χ2n) is 4.38. The van der Waals surface area contributed by atoms with Crippen molar-refractivity contribution in [3.05, 3.63) is 0 Å². The van der Waals surface area contributed by atoms with Gasteiger partial charge in [0.2, 0.25) is 0 Å². The highest BCUT2D eigenvalue weighted by molar-refractivity contribution is 5.75. The van der Waals surface area contributed by atoms with E-state index < -0.39 is 0 Å². The monoisotopic (exact) mass is 156 g/mol. The minimum Gasteiger partial charge on any atom is -0.300 e. The van der Waals surface area contributed by atoms with Crippen LogP contribution in [0.5, 0.6) is 0 Å². The first-order valence-corrected chi connectivity index (χ1v) is 4.37. The van der Waals surface area contributed by atoms with Crippen LogP contribution in [0, 0.1) is 11.3 Å². The first-order valence-electron chi connectivity index (χ1n) is 4.37. The van der Waals surface area contributed by atoms with Gasteiger partial charge in [-0.15, -0.1) is 0 Å². The number of ketones is 1. The molecule has 66 valence electrons. The molecular formula is C10H20O. The van der Waals surface area contributed by atoms with E-state index in [1.54, 1.807) is 6.92 Å². The van der Waals surface area contributed by atoms with Crippen LogP contribution >= 0.6 is 0 Å². The topological polar surface area (TPSA) is 17.1 Å². The number of hydrogen-bond donors (Lipinski definition) is 0. The molecule has 0 aromatic carbocycles. The molecule has 0 rings (SSSR count). The van der Waals surface area contributed by atoms with Crippen molar-refractivity contribution in [2.75, 3.05) is 0 Å². The van der Waals surface area contributed by atoms with Gasteiger partial charge in [0, 0.05) is 6.42 Å². The predicted molar refractivity (Wildman–Crippen MR) is 48.5 cm³/mol. The molecule has 0 saturated carbocycles. The fourth-order valence-corrected chi connectivity index (χ4v) is 1.41. The highest BCUT2D eigenvalue weighted by Gasteiger charge is 2.23. The summed E-state index contributed by atoms with van der Waals surface area (Å²) in [6.07, 6.45) is 1.84. The lowest BCUT2D eigenvalue weighted by Crippen LogP contribution is -2.21. The maximum Gasteiger partial charge on any atom is 0.130 e. The molecule has 0 aliphatic carbocycles. The van der Waals surface area contributed by atoms with Gasteiger partial charge >= 0.3 is 0 Å². The molecule has 1 nitrogen and oxygen atoms in total. The summed E-state index contributed by atoms with van der Waals surface area (Å²) in [7, 11) is 0. The number of carbonyl (C=O) groups is 1. The van der Waals surface area contributed by atoms with E-state index in [-0.39, 0.29) is 5.41 Å². The second-order valence-corrected chi connectivity index (χ2v) is 4.38. The molecule has 0 bridgehead atoms. The highest BCUT2D eigenvalue weighted by Crippen LogP contribution is 2.31. The van der Waals surface area contributed by atoms with Crippen molar-refractivity contribution >= 4 is 5.78 Å². The molecule has 11 heavy (non-hydrogen) atoms. The summed E-state index contributed by atoms with van der Waals surface area (Å²) in [4.78, 5) is 10.9. The molecule has 0 aromatic heterocycles. The van der Waals surface area contributed by atoms with E-state index in [9.17, 15) is 4.79 Å². The van der Waals surface area contributed by atoms with Crippen LogP contribution in [0.25, 0.3) is 0 Å². The zero-order valence-corrected chi connectivity index (χ0v) is 8.40. The van der Waals surface area contributed by atoms with Crippen LogP contribution in [0.4, 0.5) is 0 Å². The molecule has 0 unspecified atom stereocenters. The number of hydrogen-bond acceptors (Lipinski definition) is 1. The fourth-order valence-electron chi connectivity index (χ4n) is 1.41. The summed E-state index contributed by atoms with van der Waals surface area (Å²) in [5.41, 5.74) is 0.278. The lowest BCUT2D eigenvalue weighted by atomic mass is 9.76. The minimum atomic E-state index is 0.278. The Morgan fingerprint density at radius 3 is 1.91 bits per heavy atom. The summed E-state index contributed by atoms with van der Waals surface area (Å²) in [5.74, 6) is 0.853. The van der Waals surface area contributed by atoms with Gasteiger partial charge in [-0.2, -0.15) is 0 Å². The average Bonchev–Trinajstić information content (AvgIpc) is 1.79. The van der Waals surface area contributed by atoms with Gasteiger partial charge in [0.15, 0.2) is 0 Å². The van der Waals surface area contributed by atoms with Crippen molar-refractivity contribution in [1.29, 1.82) is 0 Å². The molecule has 0 heterocycles. The summed E-state index contributed by atoms with van der Waals surface area (Å²) in [6.45, 7) is 10.4. The standard InChI is InChI=1S/C10H20O/c1-6-9(7-8(2)11)10(3,4)5/h9H,6-7H2,1-5H3/t9-/m0/s1. The Hall–Kier alpha value is -0.330. The molecule has 0 aliphatic heterocycles. The molecule has 0 spiro atoms. The SMILES string of the molecule is CC[C@@H](CC(C)=O)C(C)(C)C. The summed E-state index contributed by atoms with van der Waals surface area (Å²) in [5, 5.41) is 0. The molecule has 0 amide bonds. The van der Waals surface area contributed by atoms with Crippen LogP contribution in [0.1, 0.15) is 47.5 Å². The van der Waals surface area contributed by atoms with Crippen molar-refractivity contribution in [3.63, 3.8) is 0 Å². The van der Waals surface area contributed by atoms with Gasteiger partial charge in [-0.1, -0.05) is 34.1 Å². The fraction of sp³-hybridized carbons (Fsp3) is 0.900. The molecule has 0 aromatic rings. The van der Waals surface area contributed by atoms with Crippen LogP contribution < -0.4 is 0 Å². The molecular weight excluding hydrogens is 136 g/mol. The van der Waals surface area contributed by atoms with Gasteiger partial charge in [-0.05, 0) is 18.3 Å². The van der Waals surface area contributed by atoms with Crippen LogP contribution in [-0.2, 0) is 4.79 Å². The van der Waals surface area contributed by atoms with Crippen molar-refractivity contribution in [2.45, 2.75) is 47.5 Å². The van der Waals surface area contributed by atoms with Crippen LogP contribution in [0.15, 0.2) is 0 Å². The maximum absolute atomic E-state index is 10.9. The van der Waals surface area contributed by atoms with Crippen LogP contribution in [0.3, 0.4) is 0 Å². The van der Waals surface area contributed by atoms with Gasteiger partial charge in [0.1, 0.15) is 5.78 Å². The molecule has 0 saturated heterocycles. The maximum atomic E-state index is 10.9. The minimum absolute atomic E-state index is 0.278. The van der Waals surface area contributed by atoms with E-state index in [0.29, 0.717) is 11.7 Å². The first kappa shape index (κ1) is 10.7. The molecule has 1 atom stereocenters. The Morgan fingerprint density at radius 1 is 1.36 bits per heavy atom. The summed E-state index contributed by atoms with van der Waals surface area (Å²) >= 11 is 0. The van der Waals surface area contributed by atoms with Crippen molar-refractivity contribution in [2.24, 2.45) is 11.3 Å². The van der Waals surface area contributed by atoms with Crippen molar-refractivity contribution in [1.82, 2.24) is 0 Å². The van der Waals surface area contributed by atoms with E-state index in [1.807, 2.05) is 0 Å². The Balaban J connectivity index is 4.07. The number of rotatable bonds is 3. The van der Waals surface area contributed by atoms with Gasteiger partial charge in [0.05, 0.1) is 0 Å². The normalized spacial score (nSPS) is 14.6. The lowest BCUT2D eigenvalue weighted by molar-refractivity contribution is -0.118. The van der Waals surface area contributed by atoms with E-state index in [1.165, 1.54) is 0 Å². The average molecular weight is 156 g/mol. The van der Waals surface area contributed by atoms with Gasteiger partial charge in [-0.3, -0.25) is 0 Å². The van der Waals surface area contributed by atoms with Crippen LogP contribution in [0.2, 0.25) is 0 Å². The Labute approximate surface area is 70.2 Å². The Morgan fingerprint density at radius 2 is 1.82 bits per heavy atom. The summed E-state index contributed by atoms with van der Waals surface area (Å²) < 4.78 is 0. The zero-order valence-electron chi connectivity index (χ0n) is 8.40. The van der Waals surface area contributed by atoms with E-state index >= 15 is 0 Å². The molecule has 0 fully saturated rings. The molecule has 0 N–H and O–H groups in total. The highest BCUT2D eigenvalue weighted by atomic mass is 16.1. The molecule has 1 heteroatoms. The largest absolute Gasteiger partial charge is 0.300 e. The Kier molecular flexibility index (Phi) is 3.77. The van der Waals surface area contributed by atoms with E-state index in [2.05, 4.69) is 27.7 Å². The molecule has 0 aliphatic rings. The third-order valence-corrected chi connectivity index (χ3v) is 2.25. The third kappa shape index (κ3) is 4.18. The quantitative estimate of drug-likeness (QED) is 0.614. The van der Waals surface area contributed by atoms with Gasteiger partial charge in [0.25, 0.3) is 0 Å². The number of carbonyl (C=O) groups excluding carboxylic acids is 1. The van der Waals surface area contributed by atoms with E-state index in [4.69, 9.17) is 0 Å². The lowest BCUT2D eigenvalue weighted by Gasteiger charge is -2.28. The van der Waals surface area contributed by atoms with Crippen molar-refractivity contribution in [3.8, 4) is 0 Å². The Bertz CT molecular complexity index is 130. The zero-order chi connectivity index (χ0) is 9.07. The van der Waals surface area contributed by atoms with E-state index in [0.717, 1.165) is 12.8 Å². The predicted octanol–water partition coefficient (Wildman–Crippen LogP) is 3.04. The van der Waals surface area contributed by atoms with Crippen LogP contribution in [-0.4, -0.2) is 5.78 Å². The van der Waals surface area contributed by atoms with Gasteiger partial charge in [-0.25, -0.2) is 0 Å². The van der Waals surface area contributed by atoms with Crippen molar-refractivity contribution < 1.29 is 4.79 Å². The first-order chi connectivity index (χ1) is 4.88. The summed E-state index contributed by atoms with van der Waals surface area (Å²) in [6, 6.07) is 0. The third-order valence-electron chi connectivity index (χ3n) is 2.25. The number of Topliss-reactive ketones (excluding diaryl/α,β-unsaturated/α-hetero) is 1. The second kappa shape index (κ2) is 3.89. The molecule has 0 radical (unpaired) electrons. The van der Waals surface area contributed by atoms with Gasteiger partial charge < -0.3 is 4.79 Å². The smallest absolute Gasteiger partial charge is 0.130 e.